The zero-order valence-corrected chi connectivity index (χ0v) is 16.0. The van der Waals surface area contributed by atoms with Crippen molar-refractivity contribution in [2.45, 2.75) is 0 Å². The van der Waals surface area contributed by atoms with Gasteiger partial charge in [0.2, 0.25) is 0 Å². The van der Waals surface area contributed by atoms with Crippen molar-refractivity contribution in [3.8, 4) is 0 Å². The van der Waals surface area contributed by atoms with E-state index < -0.39 is 0 Å². The summed E-state index contributed by atoms with van der Waals surface area (Å²) >= 11 is 6.56. The van der Waals surface area contributed by atoms with Crippen LogP contribution in [0.2, 0.25) is 5.02 Å². The molecule has 1 atom stereocenters. The maximum Gasteiger partial charge on any atom is 0.169 e. The summed E-state index contributed by atoms with van der Waals surface area (Å²) in [5.74, 6) is 0. The highest BCUT2D eigenvalue weighted by Gasteiger charge is 2.40. The van der Waals surface area contributed by atoms with E-state index in [4.69, 9.17) is 17.3 Å². The standard InChI is InChI=1S/C22H19ClN5/c1-28(16-3-4-19-14(10-16)6-9-26-19)21-5-2-15(24)11-20(21)27-13-22(28)17-12-25-8-7-18(17)23/h2-13,26-27H,24H2,1H3/q+1. The van der Waals surface area contributed by atoms with Gasteiger partial charge in [-0.25, -0.2) is 4.48 Å². The van der Waals surface area contributed by atoms with E-state index in [1.807, 2.05) is 36.8 Å². The maximum atomic E-state index is 6.56. The predicted octanol–water partition coefficient (Wildman–Crippen LogP) is 5.49. The maximum absolute atomic E-state index is 6.56. The van der Waals surface area contributed by atoms with Crippen LogP contribution >= 0.6 is 11.6 Å². The van der Waals surface area contributed by atoms with Gasteiger partial charge in [0.25, 0.3) is 0 Å². The van der Waals surface area contributed by atoms with Gasteiger partial charge in [-0.3, -0.25) is 4.98 Å². The molecule has 4 N–H and O–H groups in total. The number of pyridine rings is 1. The summed E-state index contributed by atoms with van der Waals surface area (Å²) in [5.41, 5.74) is 12.9. The predicted molar refractivity (Wildman–Crippen MR) is 117 cm³/mol. The minimum Gasteiger partial charge on any atom is -0.399 e. The monoisotopic (exact) mass is 388 g/mol. The number of fused-ring (bicyclic) bond motifs is 2. The average molecular weight is 389 g/mol. The van der Waals surface area contributed by atoms with E-state index in [2.05, 4.69) is 52.7 Å². The van der Waals surface area contributed by atoms with Gasteiger partial charge < -0.3 is 16.0 Å². The number of H-pyrrole nitrogens is 1. The van der Waals surface area contributed by atoms with Crippen molar-refractivity contribution in [3.05, 3.63) is 83.9 Å². The molecular formula is C22H19ClN5+. The lowest BCUT2D eigenvalue weighted by Crippen LogP contribution is -2.40. The van der Waals surface area contributed by atoms with Crippen molar-refractivity contribution in [1.29, 1.82) is 0 Å². The van der Waals surface area contributed by atoms with Gasteiger partial charge in [-0.15, -0.1) is 0 Å². The molecule has 6 heteroatoms. The van der Waals surface area contributed by atoms with E-state index in [0.29, 0.717) is 9.51 Å². The minimum absolute atomic E-state index is 0.440. The SMILES string of the molecule is C[N+]1(c2ccc3[nH]ccc3c2)C(c2cnccc2Cl)=CNc2cc(N)ccc21. The van der Waals surface area contributed by atoms with Gasteiger partial charge in [0.15, 0.2) is 11.4 Å². The third kappa shape index (κ3) is 2.41. The van der Waals surface area contributed by atoms with Crippen LogP contribution in [0.1, 0.15) is 5.56 Å². The second kappa shape index (κ2) is 6.12. The molecule has 3 heterocycles. The molecule has 5 rings (SSSR count). The Hall–Kier alpha value is -3.28. The normalized spacial score (nSPS) is 18.4. The molecule has 4 aromatic rings. The lowest BCUT2D eigenvalue weighted by molar-refractivity contribution is 0.634. The van der Waals surface area contributed by atoms with Crippen LogP contribution < -0.4 is 15.5 Å². The van der Waals surface area contributed by atoms with E-state index in [0.717, 1.165) is 44.9 Å². The molecule has 2 aromatic heterocycles. The highest BCUT2D eigenvalue weighted by molar-refractivity contribution is 6.32. The van der Waals surface area contributed by atoms with E-state index in [-0.39, 0.29) is 0 Å². The van der Waals surface area contributed by atoms with Crippen molar-refractivity contribution in [2.24, 2.45) is 0 Å². The summed E-state index contributed by atoms with van der Waals surface area (Å²) < 4.78 is 0.440. The second-order valence-electron chi connectivity index (χ2n) is 7.06. The number of nitrogens with one attached hydrogen (secondary N) is 2. The Morgan fingerprint density at radius 3 is 2.82 bits per heavy atom. The number of anilines is 2. The van der Waals surface area contributed by atoms with Crippen LogP contribution in [-0.4, -0.2) is 17.0 Å². The third-order valence-corrected chi connectivity index (χ3v) is 5.78. The van der Waals surface area contributed by atoms with Gasteiger partial charge in [-0.1, -0.05) is 11.6 Å². The van der Waals surface area contributed by atoms with Crippen molar-refractivity contribution in [2.75, 3.05) is 18.1 Å². The summed E-state index contributed by atoms with van der Waals surface area (Å²) in [6.07, 6.45) is 7.46. The Kier molecular flexibility index (Phi) is 3.69. The molecule has 0 fully saturated rings. The van der Waals surface area contributed by atoms with Crippen molar-refractivity contribution >= 4 is 51.0 Å². The first-order chi connectivity index (χ1) is 13.6. The quantitative estimate of drug-likeness (QED) is 0.314. The van der Waals surface area contributed by atoms with Crippen LogP contribution in [0.15, 0.2) is 73.3 Å². The van der Waals surface area contributed by atoms with Gasteiger partial charge in [0, 0.05) is 53.4 Å². The Bertz CT molecular complexity index is 1240. The van der Waals surface area contributed by atoms with Crippen molar-refractivity contribution in [3.63, 3.8) is 0 Å². The lowest BCUT2D eigenvalue weighted by Gasteiger charge is -2.39. The van der Waals surface area contributed by atoms with Gasteiger partial charge in [0.1, 0.15) is 11.4 Å². The van der Waals surface area contributed by atoms with E-state index in [1.165, 1.54) is 0 Å². The summed E-state index contributed by atoms with van der Waals surface area (Å²) in [6.45, 7) is 0. The molecule has 1 aliphatic rings. The molecule has 2 aromatic carbocycles. The van der Waals surface area contributed by atoms with Crippen LogP contribution in [0, 0.1) is 0 Å². The molecule has 138 valence electrons. The highest BCUT2D eigenvalue weighted by atomic mass is 35.5. The number of aromatic amines is 1. The molecule has 5 nitrogen and oxygen atoms in total. The molecule has 0 bridgehead atoms. The Morgan fingerprint density at radius 1 is 1.07 bits per heavy atom. The average Bonchev–Trinajstić information content (AvgIpc) is 3.17. The van der Waals surface area contributed by atoms with Gasteiger partial charge in [-0.05, 0) is 30.3 Å². The number of halogens is 1. The Morgan fingerprint density at radius 2 is 1.96 bits per heavy atom. The molecule has 0 radical (unpaired) electrons. The van der Waals surface area contributed by atoms with Gasteiger partial charge in [0.05, 0.1) is 23.8 Å². The second-order valence-corrected chi connectivity index (χ2v) is 7.47. The molecule has 28 heavy (non-hydrogen) atoms. The first kappa shape index (κ1) is 16.9. The van der Waals surface area contributed by atoms with E-state index in [1.54, 1.807) is 6.20 Å². The van der Waals surface area contributed by atoms with E-state index in [9.17, 15) is 0 Å². The van der Waals surface area contributed by atoms with Crippen molar-refractivity contribution in [1.82, 2.24) is 14.5 Å². The molecule has 1 unspecified atom stereocenters. The molecule has 0 spiro atoms. The fraction of sp³-hybridized carbons (Fsp3) is 0.0455. The Balaban J connectivity index is 1.81. The number of rotatable bonds is 2. The molecule has 0 saturated carbocycles. The van der Waals surface area contributed by atoms with Crippen LogP contribution in [0.4, 0.5) is 22.7 Å². The number of quaternary nitrogens is 1. The van der Waals surface area contributed by atoms with E-state index >= 15 is 0 Å². The molecule has 1 aliphatic heterocycles. The summed E-state index contributed by atoms with van der Waals surface area (Å²) in [7, 11) is 2.17. The fourth-order valence-corrected chi connectivity index (χ4v) is 4.15. The summed E-state index contributed by atoms with van der Waals surface area (Å²) in [4.78, 5) is 7.56. The molecule has 0 saturated heterocycles. The third-order valence-electron chi connectivity index (χ3n) is 5.45. The molecule has 0 aliphatic carbocycles. The van der Waals surface area contributed by atoms with Gasteiger partial charge in [-0.2, -0.15) is 0 Å². The van der Waals surface area contributed by atoms with Gasteiger partial charge >= 0.3 is 0 Å². The summed E-state index contributed by atoms with van der Waals surface area (Å²) in [6, 6.07) is 16.3. The zero-order chi connectivity index (χ0) is 19.3. The smallest absolute Gasteiger partial charge is 0.169 e. The largest absolute Gasteiger partial charge is 0.399 e. The number of hydrogen-bond acceptors (Lipinski definition) is 3. The first-order valence-electron chi connectivity index (χ1n) is 8.99. The number of hydrogen-bond donors (Lipinski definition) is 3. The topological polar surface area (TPSA) is 66.7 Å². The lowest BCUT2D eigenvalue weighted by atomic mass is 10.0. The van der Waals surface area contributed by atoms with Crippen molar-refractivity contribution < 1.29 is 0 Å². The molecule has 0 amide bonds. The van der Waals surface area contributed by atoms with Crippen LogP contribution in [-0.2, 0) is 0 Å². The fourth-order valence-electron chi connectivity index (χ4n) is 3.95. The summed E-state index contributed by atoms with van der Waals surface area (Å²) in [5, 5.41) is 5.20. The number of nitrogens with two attached hydrogens (primary N) is 1. The minimum atomic E-state index is 0.440. The highest BCUT2D eigenvalue weighted by Crippen LogP contribution is 2.49. The first-order valence-corrected chi connectivity index (χ1v) is 9.36. The number of nitrogen functional groups attached to an aromatic ring is 1. The molecular weight excluding hydrogens is 370 g/mol. The van der Waals surface area contributed by atoms with Crippen LogP contribution in [0.5, 0.6) is 0 Å². The zero-order valence-electron chi connectivity index (χ0n) is 15.3. The number of aromatic nitrogens is 2. The van der Waals surface area contributed by atoms with Crippen LogP contribution in [0.25, 0.3) is 16.6 Å². The number of benzene rings is 2. The number of nitrogens with zero attached hydrogens (tertiary/aromatic N) is 2. The van der Waals surface area contributed by atoms with Crippen LogP contribution in [0.3, 0.4) is 0 Å². The Labute approximate surface area is 167 Å².